The van der Waals surface area contributed by atoms with Crippen molar-refractivity contribution in [3.8, 4) is 5.75 Å². The normalized spacial score (nSPS) is 14.5. The van der Waals surface area contributed by atoms with Gasteiger partial charge in [0.2, 0.25) is 0 Å². The highest BCUT2D eigenvalue weighted by atomic mass is 32.1. The molecule has 7 heteroatoms. The highest BCUT2D eigenvalue weighted by molar-refractivity contribution is 7.17. The van der Waals surface area contributed by atoms with Crippen molar-refractivity contribution >= 4 is 22.3 Å². The lowest BCUT2D eigenvalue weighted by atomic mass is 10.0. The van der Waals surface area contributed by atoms with E-state index in [4.69, 9.17) is 9.47 Å². The topological polar surface area (TPSA) is 69.9 Å². The second kappa shape index (κ2) is 8.14. The minimum Gasteiger partial charge on any atom is -0.479 e. The SMILES string of the molecule is CC[C@@H](Oc1ccccc1)C(=O)OCc1cc(=O)n2c3c(sc2n1)CCCC3. The zero-order valence-electron chi connectivity index (χ0n) is 15.7. The summed E-state index contributed by atoms with van der Waals surface area (Å²) < 4.78 is 12.8. The molecular weight excluding hydrogens is 376 g/mol. The van der Waals surface area contributed by atoms with Crippen LogP contribution in [0.2, 0.25) is 0 Å². The molecule has 1 atom stereocenters. The molecule has 1 aromatic carbocycles. The number of carbonyl (C=O) groups is 1. The standard InChI is InChI=1S/C21H22N2O4S/c1-2-17(27-15-8-4-3-5-9-15)20(25)26-13-14-12-19(24)23-16-10-6-7-11-18(16)28-21(23)22-14/h3-5,8-9,12,17H,2,6-7,10-11,13H2,1H3/t17-/m1/s1. The number of aryl methyl sites for hydroxylation is 2. The van der Waals surface area contributed by atoms with E-state index in [9.17, 15) is 9.59 Å². The van der Waals surface area contributed by atoms with Crippen molar-refractivity contribution in [2.45, 2.75) is 51.7 Å². The molecule has 0 aliphatic heterocycles. The smallest absolute Gasteiger partial charge is 0.347 e. The van der Waals surface area contributed by atoms with Crippen LogP contribution in [0, 0.1) is 0 Å². The average molecular weight is 398 g/mol. The molecule has 2 aromatic heterocycles. The van der Waals surface area contributed by atoms with Gasteiger partial charge in [-0.15, -0.1) is 11.3 Å². The molecule has 0 saturated heterocycles. The summed E-state index contributed by atoms with van der Waals surface area (Å²) in [5.41, 5.74) is 1.45. The number of thiazole rings is 1. The highest BCUT2D eigenvalue weighted by Crippen LogP contribution is 2.28. The fourth-order valence-electron chi connectivity index (χ4n) is 3.42. The van der Waals surface area contributed by atoms with E-state index in [1.165, 1.54) is 10.9 Å². The summed E-state index contributed by atoms with van der Waals surface area (Å²) in [6, 6.07) is 10.6. The van der Waals surface area contributed by atoms with E-state index in [1.54, 1.807) is 27.9 Å². The third-order valence-electron chi connectivity index (χ3n) is 4.83. The summed E-state index contributed by atoms with van der Waals surface area (Å²) in [5, 5.41) is 0. The first-order valence-electron chi connectivity index (χ1n) is 9.57. The summed E-state index contributed by atoms with van der Waals surface area (Å²) in [7, 11) is 0. The first kappa shape index (κ1) is 18.7. The molecule has 0 spiro atoms. The van der Waals surface area contributed by atoms with Crippen molar-refractivity contribution in [3.63, 3.8) is 0 Å². The van der Waals surface area contributed by atoms with Crippen LogP contribution in [0.15, 0.2) is 41.2 Å². The number of hydrogen-bond acceptors (Lipinski definition) is 6. The zero-order chi connectivity index (χ0) is 19.5. The number of hydrogen-bond donors (Lipinski definition) is 0. The zero-order valence-corrected chi connectivity index (χ0v) is 16.5. The summed E-state index contributed by atoms with van der Waals surface area (Å²) in [6.45, 7) is 1.82. The molecule has 2 heterocycles. The van der Waals surface area contributed by atoms with Crippen LogP contribution >= 0.6 is 11.3 Å². The van der Waals surface area contributed by atoms with Crippen molar-refractivity contribution in [2.24, 2.45) is 0 Å². The molecule has 1 aliphatic carbocycles. The quantitative estimate of drug-likeness (QED) is 0.594. The molecule has 0 saturated carbocycles. The molecule has 0 amide bonds. The van der Waals surface area contributed by atoms with Crippen LogP contribution in [0.1, 0.15) is 42.5 Å². The molecule has 0 fully saturated rings. The maximum absolute atomic E-state index is 12.6. The Kier molecular flexibility index (Phi) is 5.43. The largest absolute Gasteiger partial charge is 0.479 e. The predicted molar refractivity (Wildman–Crippen MR) is 107 cm³/mol. The molecular formula is C21H22N2O4S. The Morgan fingerprint density at radius 2 is 2.04 bits per heavy atom. The van der Waals surface area contributed by atoms with Crippen LogP contribution in [0.3, 0.4) is 0 Å². The van der Waals surface area contributed by atoms with Crippen LogP contribution in [0.25, 0.3) is 4.96 Å². The van der Waals surface area contributed by atoms with Gasteiger partial charge in [0.1, 0.15) is 12.4 Å². The highest BCUT2D eigenvalue weighted by Gasteiger charge is 2.22. The Bertz CT molecular complexity index is 1040. The van der Waals surface area contributed by atoms with Crippen LogP contribution in [0.5, 0.6) is 5.75 Å². The van der Waals surface area contributed by atoms with E-state index in [1.807, 2.05) is 25.1 Å². The molecule has 28 heavy (non-hydrogen) atoms. The van der Waals surface area contributed by atoms with Crippen LogP contribution in [-0.4, -0.2) is 21.5 Å². The van der Waals surface area contributed by atoms with Crippen LogP contribution in [0.4, 0.5) is 0 Å². The van der Waals surface area contributed by atoms with Gasteiger partial charge in [-0.25, -0.2) is 9.78 Å². The predicted octanol–water partition coefficient (Wildman–Crippen LogP) is 3.54. The van der Waals surface area contributed by atoms with Crippen LogP contribution in [-0.2, 0) is 29.0 Å². The number of carbonyl (C=O) groups excluding carboxylic acids is 1. The van der Waals surface area contributed by atoms with Gasteiger partial charge in [-0.3, -0.25) is 9.20 Å². The van der Waals surface area contributed by atoms with E-state index < -0.39 is 12.1 Å². The van der Waals surface area contributed by atoms with E-state index >= 15 is 0 Å². The van der Waals surface area contributed by atoms with E-state index in [0.29, 0.717) is 22.8 Å². The number of ether oxygens (including phenoxy) is 2. The van der Waals surface area contributed by atoms with E-state index in [2.05, 4.69) is 4.98 Å². The van der Waals surface area contributed by atoms with Crippen molar-refractivity contribution < 1.29 is 14.3 Å². The van der Waals surface area contributed by atoms with Gasteiger partial charge in [0, 0.05) is 16.6 Å². The lowest BCUT2D eigenvalue weighted by Crippen LogP contribution is -2.29. The first-order valence-corrected chi connectivity index (χ1v) is 10.4. The number of nitrogens with zero attached hydrogens (tertiary/aromatic N) is 2. The Labute approximate surface area is 166 Å². The Morgan fingerprint density at radius 3 is 2.82 bits per heavy atom. The van der Waals surface area contributed by atoms with E-state index in [0.717, 1.165) is 31.4 Å². The fourth-order valence-corrected chi connectivity index (χ4v) is 4.65. The Morgan fingerprint density at radius 1 is 1.25 bits per heavy atom. The van der Waals surface area contributed by atoms with Crippen molar-refractivity contribution in [1.82, 2.24) is 9.38 Å². The lowest BCUT2D eigenvalue weighted by Gasteiger charge is -2.16. The van der Waals surface area contributed by atoms with Gasteiger partial charge in [-0.1, -0.05) is 25.1 Å². The number of aromatic nitrogens is 2. The maximum atomic E-state index is 12.6. The minimum absolute atomic E-state index is 0.0399. The van der Waals surface area contributed by atoms with Gasteiger partial charge < -0.3 is 9.47 Å². The number of rotatable bonds is 6. The molecule has 0 radical (unpaired) electrons. The Balaban J connectivity index is 1.47. The number of esters is 1. The minimum atomic E-state index is -0.693. The number of benzene rings is 1. The van der Waals surface area contributed by atoms with Crippen molar-refractivity contribution in [2.75, 3.05) is 0 Å². The molecule has 4 rings (SSSR count). The fraction of sp³-hybridized carbons (Fsp3) is 0.381. The molecule has 146 valence electrons. The Hall–Kier alpha value is -2.67. The second-order valence-electron chi connectivity index (χ2n) is 6.82. The molecule has 3 aromatic rings. The van der Waals surface area contributed by atoms with Gasteiger partial charge in [-0.05, 0) is 44.2 Å². The maximum Gasteiger partial charge on any atom is 0.347 e. The summed E-state index contributed by atoms with van der Waals surface area (Å²) in [5.74, 6) is 0.159. The van der Waals surface area contributed by atoms with Gasteiger partial charge >= 0.3 is 5.97 Å². The van der Waals surface area contributed by atoms with Gasteiger partial charge in [0.05, 0.1) is 5.69 Å². The second-order valence-corrected chi connectivity index (χ2v) is 7.88. The average Bonchev–Trinajstić information content (AvgIpc) is 3.10. The first-order chi connectivity index (χ1) is 13.7. The summed E-state index contributed by atoms with van der Waals surface area (Å²) >= 11 is 1.56. The van der Waals surface area contributed by atoms with Crippen LogP contribution < -0.4 is 10.3 Å². The number of para-hydroxylation sites is 1. The third-order valence-corrected chi connectivity index (χ3v) is 5.97. The summed E-state index contributed by atoms with van der Waals surface area (Å²) in [6.07, 6.45) is 3.97. The molecule has 0 bridgehead atoms. The van der Waals surface area contributed by atoms with Gasteiger partial charge in [0.25, 0.3) is 5.56 Å². The van der Waals surface area contributed by atoms with Crippen molar-refractivity contribution in [3.05, 3.63) is 63.0 Å². The molecule has 6 nitrogen and oxygen atoms in total. The molecule has 0 N–H and O–H groups in total. The third kappa shape index (κ3) is 3.80. The number of fused-ring (bicyclic) bond motifs is 3. The molecule has 0 unspecified atom stereocenters. The van der Waals surface area contributed by atoms with Gasteiger partial charge in [-0.2, -0.15) is 0 Å². The monoisotopic (exact) mass is 398 g/mol. The molecule has 1 aliphatic rings. The summed E-state index contributed by atoms with van der Waals surface area (Å²) in [4.78, 5) is 31.4. The van der Waals surface area contributed by atoms with Crippen molar-refractivity contribution in [1.29, 1.82) is 0 Å². The van der Waals surface area contributed by atoms with E-state index in [-0.39, 0.29) is 12.2 Å². The van der Waals surface area contributed by atoms with Gasteiger partial charge in [0.15, 0.2) is 11.1 Å². The lowest BCUT2D eigenvalue weighted by molar-refractivity contribution is -0.153.